The van der Waals surface area contributed by atoms with Crippen molar-refractivity contribution in [2.24, 2.45) is 0 Å². The van der Waals surface area contributed by atoms with Gasteiger partial charge in [-0.2, -0.15) is 5.26 Å². The lowest BCUT2D eigenvalue weighted by atomic mass is 10.1. The Bertz CT molecular complexity index is 690. The molecule has 2 aromatic carbocycles. The number of hydrogen-bond acceptors (Lipinski definition) is 3. The highest BCUT2D eigenvalue weighted by Gasteiger charge is 2.04. The molecule has 0 spiro atoms. The number of nitrogens with zero attached hydrogens (tertiary/aromatic N) is 1. The molecule has 0 radical (unpaired) electrons. The van der Waals surface area contributed by atoms with E-state index in [4.69, 9.17) is 5.26 Å². The maximum Gasteiger partial charge on any atom is 0.323 e. The van der Waals surface area contributed by atoms with Gasteiger partial charge in [-0.05, 0) is 73.1 Å². The quantitative estimate of drug-likeness (QED) is 0.646. The summed E-state index contributed by atoms with van der Waals surface area (Å²) in [6.45, 7) is 4.03. The van der Waals surface area contributed by atoms with Crippen LogP contribution in [0.3, 0.4) is 0 Å². The van der Waals surface area contributed by atoms with Crippen molar-refractivity contribution in [3.63, 3.8) is 0 Å². The lowest BCUT2D eigenvalue weighted by Crippen LogP contribution is -2.19. The van der Waals surface area contributed by atoms with Gasteiger partial charge in [-0.3, -0.25) is 0 Å². The molecular weight excluding hydrogens is 282 g/mol. The Morgan fingerprint density at radius 1 is 1.00 bits per heavy atom. The average Bonchev–Trinajstić information content (AvgIpc) is 2.45. The van der Waals surface area contributed by atoms with E-state index in [2.05, 4.69) is 10.6 Å². The van der Waals surface area contributed by atoms with E-state index < -0.39 is 0 Å². The molecule has 0 aliphatic rings. The molecule has 0 bridgehead atoms. The van der Waals surface area contributed by atoms with Crippen LogP contribution in [0.15, 0.2) is 47.4 Å². The molecule has 0 heterocycles. The third-order valence-electron chi connectivity index (χ3n) is 3.04. The monoisotopic (exact) mass is 297 g/mol. The van der Waals surface area contributed by atoms with Gasteiger partial charge in [-0.25, -0.2) is 4.79 Å². The fourth-order valence-corrected chi connectivity index (χ4v) is 2.15. The number of urea groups is 1. The average molecular weight is 297 g/mol. The zero-order chi connectivity index (χ0) is 15.2. The van der Waals surface area contributed by atoms with Crippen LogP contribution in [0.2, 0.25) is 0 Å². The molecule has 0 aliphatic carbocycles. The van der Waals surface area contributed by atoms with Crippen LogP contribution in [0.25, 0.3) is 0 Å². The molecule has 4 nitrogen and oxygen atoms in total. The topological polar surface area (TPSA) is 64.9 Å². The summed E-state index contributed by atoms with van der Waals surface area (Å²) in [6.07, 6.45) is 0. The molecule has 2 N–H and O–H groups in total. The minimum atomic E-state index is -0.293. The van der Waals surface area contributed by atoms with Gasteiger partial charge in [0.1, 0.15) is 5.40 Å². The Balaban J connectivity index is 1.98. The number of amides is 2. The molecule has 5 heteroatoms. The van der Waals surface area contributed by atoms with Crippen molar-refractivity contribution in [3.05, 3.63) is 53.6 Å². The number of carbonyl (C=O) groups excluding carboxylic acids is 1. The summed E-state index contributed by atoms with van der Waals surface area (Å²) in [5.74, 6) is 0. The Morgan fingerprint density at radius 3 is 2.24 bits per heavy atom. The van der Waals surface area contributed by atoms with E-state index in [1.165, 1.54) is 5.56 Å². The first-order valence-electron chi connectivity index (χ1n) is 6.40. The summed E-state index contributed by atoms with van der Waals surface area (Å²) in [7, 11) is 0. The van der Waals surface area contributed by atoms with Gasteiger partial charge in [0.15, 0.2) is 0 Å². The first-order valence-corrected chi connectivity index (χ1v) is 7.21. The molecule has 106 valence electrons. The molecule has 2 aromatic rings. The smallest absolute Gasteiger partial charge is 0.308 e. The van der Waals surface area contributed by atoms with E-state index in [-0.39, 0.29) is 6.03 Å². The molecule has 0 saturated heterocycles. The van der Waals surface area contributed by atoms with Gasteiger partial charge in [-0.15, -0.1) is 0 Å². The Morgan fingerprint density at radius 2 is 1.62 bits per heavy atom. The second-order valence-electron chi connectivity index (χ2n) is 4.60. The molecule has 0 aliphatic heterocycles. The van der Waals surface area contributed by atoms with Gasteiger partial charge in [0, 0.05) is 16.3 Å². The molecule has 2 amide bonds. The predicted molar refractivity (Wildman–Crippen MR) is 86.5 cm³/mol. The highest BCUT2D eigenvalue weighted by atomic mass is 32.2. The number of anilines is 2. The molecule has 0 atom stereocenters. The fourth-order valence-electron chi connectivity index (χ4n) is 1.77. The SMILES string of the molecule is Cc1ccc(NC(=O)Nc2ccc(SC#N)cc2)cc1C. The number of nitriles is 1. The van der Waals surface area contributed by atoms with Crippen molar-refractivity contribution in [1.29, 1.82) is 5.26 Å². The number of benzene rings is 2. The van der Waals surface area contributed by atoms with Crippen LogP contribution in [0.4, 0.5) is 16.2 Å². The highest BCUT2D eigenvalue weighted by molar-refractivity contribution is 8.03. The van der Waals surface area contributed by atoms with Crippen LogP contribution in [-0.4, -0.2) is 6.03 Å². The van der Waals surface area contributed by atoms with E-state index in [0.29, 0.717) is 5.69 Å². The van der Waals surface area contributed by atoms with Crippen molar-refractivity contribution in [2.45, 2.75) is 18.7 Å². The summed E-state index contributed by atoms with van der Waals surface area (Å²) in [5.41, 5.74) is 3.75. The molecule has 0 fully saturated rings. The van der Waals surface area contributed by atoms with Gasteiger partial charge in [-0.1, -0.05) is 6.07 Å². The lowest BCUT2D eigenvalue weighted by Gasteiger charge is -2.09. The third kappa shape index (κ3) is 4.26. The highest BCUT2D eigenvalue weighted by Crippen LogP contribution is 2.19. The maximum absolute atomic E-state index is 11.9. The van der Waals surface area contributed by atoms with Gasteiger partial charge in [0.05, 0.1) is 0 Å². The van der Waals surface area contributed by atoms with E-state index in [9.17, 15) is 4.79 Å². The number of thiocyanates is 1. The summed E-state index contributed by atoms with van der Waals surface area (Å²) < 4.78 is 0. The van der Waals surface area contributed by atoms with Crippen LogP contribution in [0.5, 0.6) is 0 Å². The first-order chi connectivity index (χ1) is 10.1. The fraction of sp³-hybridized carbons (Fsp3) is 0.125. The van der Waals surface area contributed by atoms with Crippen LogP contribution in [0, 0.1) is 24.5 Å². The minimum absolute atomic E-state index is 0.293. The Hall–Kier alpha value is -2.45. The zero-order valence-corrected chi connectivity index (χ0v) is 12.6. The van der Waals surface area contributed by atoms with E-state index in [1.807, 2.05) is 37.4 Å². The van der Waals surface area contributed by atoms with Gasteiger partial charge in [0.2, 0.25) is 0 Å². The minimum Gasteiger partial charge on any atom is -0.308 e. The second kappa shape index (κ2) is 6.82. The van der Waals surface area contributed by atoms with E-state index in [1.54, 1.807) is 24.3 Å². The van der Waals surface area contributed by atoms with Crippen molar-refractivity contribution >= 4 is 29.2 Å². The second-order valence-corrected chi connectivity index (χ2v) is 5.45. The molecule has 0 aromatic heterocycles. The van der Waals surface area contributed by atoms with Crippen molar-refractivity contribution in [3.8, 4) is 5.40 Å². The summed E-state index contributed by atoms with van der Waals surface area (Å²) >= 11 is 1.09. The molecular formula is C16H15N3OS. The first kappa shape index (κ1) is 14.9. The summed E-state index contributed by atoms with van der Waals surface area (Å²) in [4.78, 5) is 12.8. The standard InChI is InChI=1S/C16H15N3OS/c1-11-3-4-14(9-12(11)2)19-16(20)18-13-5-7-15(8-6-13)21-10-17/h3-9H,1-2H3,(H2,18,19,20). The normalized spacial score (nSPS) is 9.76. The van der Waals surface area contributed by atoms with E-state index in [0.717, 1.165) is 27.9 Å². The van der Waals surface area contributed by atoms with Crippen LogP contribution in [-0.2, 0) is 0 Å². The van der Waals surface area contributed by atoms with Gasteiger partial charge >= 0.3 is 6.03 Å². The van der Waals surface area contributed by atoms with Crippen LogP contribution in [0.1, 0.15) is 11.1 Å². The summed E-state index contributed by atoms with van der Waals surface area (Å²) in [6, 6.07) is 12.6. The van der Waals surface area contributed by atoms with Gasteiger partial charge < -0.3 is 10.6 Å². The molecule has 0 unspecified atom stereocenters. The number of carbonyl (C=O) groups is 1. The number of aryl methyl sites for hydroxylation is 2. The molecule has 0 saturated carbocycles. The summed E-state index contributed by atoms with van der Waals surface area (Å²) in [5, 5.41) is 16.1. The Kier molecular flexibility index (Phi) is 4.85. The number of rotatable bonds is 3. The van der Waals surface area contributed by atoms with Crippen LogP contribution < -0.4 is 10.6 Å². The number of thioether (sulfide) groups is 1. The number of hydrogen-bond donors (Lipinski definition) is 2. The van der Waals surface area contributed by atoms with Crippen molar-refractivity contribution < 1.29 is 4.79 Å². The van der Waals surface area contributed by atoms with Crippen molar-refractivity contribution in [2.75, 3.05) is 10.6 Å². The number of nitrogens with one attached hydrogen (secondary N) is 2. The predicted octanol–water partition coefficient (Wildman–Crippen LogP) is 4.52. The largest absolute Gasteiger partial charge is 0.323 e. The van der Waals surface area contributed by atoms with Crippen LogP contribution >= 0.6 is 11.8 Å². The lowest BCUT2D eigenvalue weighted by molar-refractivity contribution is 0.262. The van der Waals surface area contributed by atoms with E-state index >= 15 is 0 Å². The zero-order valence-electron chi connectivity index (χ0n) is 11.8. The maximum atomic E-state index is 11.9. The van der Waals surface area contributed by atoms with Gasteiger partial charge in [0.25, 0.3) is 0 Å². The molecule has 21 heavy (non-hydrogen) atoms. The molecule has 2 rings (SSSR count). The third-order valence-corrected chi connectivity index (χ3v) is 3.64. The Labute approximate surface area is 128 Å². The van der Waals surface area contributed by atoms with Crippen molar-refractivity contribution in [1.82, 2.24) is 0 Å².